The monoisotopic (exact) mass is 603 g/mol. The van der Waals surface area contributed by atoms with Crippen molar-refractivity contribution < 1.29 is 8.83 Å². The van der Waals surface area contributed by atoms with Crippen LogP contribution in [0, 0.1) is 0 Å². The van der Waals surface area contributed by atoms with Crippen LogP contribution < -0.4 is 4.90 Å². The Balaban J connectivity index is 1.04. The van der Waals surface area contributed by atoms with Gasteiger partial charge in [-0.05, 0) is 101 Å². The second-order valence-corrected chi connectivity index (χ2v) is 11.8. The summed E-state index contributed by atoms with van der Waals surface area (Å²) in [5, 5.41) is 3.27. The second-order valence-electron chi connectivity index (χ2n) is 11.8. The lowest BCUT2D eigenvalue weighted by Gasteiger charge is -2.26. The van der Waals surface area contributed by atoms with Crippen molar-refractivity contribution in [3.05, 3.63) is 176 Å². The van der Waals surface area contributed by atoms with Gasteiger partial charge >= 0.3 is 0 Å². The van der Waals surface area contributed by atoms with Gasteiger partial charge in [0.25, 0.3) is 0 Å². The maximum Gasteiger partial charge on any atom is 0.136 e. The third-order valence-corrected chi connectivity index (χ3v) is 8.89. The van der Waals surface area contributed by atoms with Crippen molar-refractivity contribution in [2.45, 2.75) is 0 Å². The minimum Gasteiger partial charge on any atom is -0.456 e. The standard InChI is InChI=1S/C44H29NO2/c1-3-9-30(10-4-1)31-15-21-37(22-16-31)45(36-12-5-2-6-13-36)38-23-17-32(18-24-38)33-19-25-39-40-27-35(20-26-42(40)47-44(39)28-33)43-29-34-11-7-8-14-41(34)46-43/h1-29H. The molecule has 0 N–H and O–H groups in total. The molecule has 3 nitrogen and oxygen atoms in total. The first-order chi connectivity index (χ1) is 23.3. The number of nitrogens with zero attached hydrogens (tertiary/aromatic N) is 1. The summed E-state index contributed by atoms with van der Waals surface area (Å²) < 4.78 is 12.5. The van der Waals surface area contributed by atoms with Gasteiger partial charge in [0.15, 0.2) is 0 Å². The van der Waals surface area contributed by atoms with Crippen molar-refractivity contribution in [1.29, 1.82) is 0 Å². The van der Waals surface area contributed by atoms with Crippen LogP contribution in [0.1, 0.15) is 0 Å². The minimum absolute atomic E-state index is 0.857. The Kier molecular flexibility index (Phi) is 6.46. The highest BCUT2D eigenvalue weighted by Gasteiger charge is 2.15. The summed E-state index contributed by atoms with van der Waals surface area (Å²) in [7, 11) is 0. The molecule has 222 valence electrons. The Labute approximate surface area is 272 Å². The molecule has 0 unspecified atom stereocenters. The number of para-hydroxylation sites is 2. The number of fused-ring (bicyclic) bond motifs is 4. The number of hydrogen-bond acceptors (Lipinski definition) is 3. The molecule has 0 fully saturated rings. The summed E-state index contributed by atoms with van der Waals surface area (Å²) in [5.74, 6) is 0.857. The van der Waals surface area contributed by atoms with Crippen LogP contribution in [0.5, 0.6) is 0 Å². The zero-order chi connectivity index (χ0) is 31.2. The Morgan fingerprint density at radius 3 is 1.62 bits per heavy atom. The molecular weight excluding hydrogens is 574 g/mol. The van der Waals surface area contributed by atoms with E-state index >= 15 is 0 Å². The molecule has 2 heterocycles. The van der Waals surface area contributed by atoms with E-state index in [-0.39, 0.29) is 0 Å². The van der Waals surface area contributed by atoms with E-state index in [1.807, 2.05) is 30.3 Å². The summed E-state index contributed by atoms with van der Waals surface area (Å²) in [6, 6.07) is 61.5. The molecule has 0 spiro atoms. The van der Waals surface area contributed by atoms with Gasteiger partial charge in [0, 0.05) is 38.8 Å². The van der Waals surface area contributed by atoms with Gasteiger partial charge in [0.2, 0.25) is 0 Å². The van der Waals surface area contributed by atoms with Crippen molar-refractivity contribution >= 4 is 50.0 Å². The summed E-state index contributed by atoms with van der Waals surface area (Å²) >= 11 is 0. The van der Waals surface area contributed by atoms with Crippen LogP contribution in [0.25, 0.3) is 66.5 Å². The average Bonchev–Trinajstić information content (AvgIpc) is 3.74. The molecule has 9 aromatic rings. The van der Waals surface area contributed by atoms with E-state index in [1.165, 1.54) is 11.1 Å². The van der Waals surface area contributed by atoms with Gasteiger partial charge in [-0.15, -0.1) is 0 Å². The van der Waals surface area contributed by atoms with Crippen molar-refractivity contribution in [3.8, 4) is 33.6 Å². The minimum atomic E-state index is 0.857. The zero-order valence-electron chi connectivity index (χ0n) is 25.5. The van der Waals surface area contributed by atoms with Gasteiger partial charge in [-0.25, -0.2) is 0 Å². The first-order valence-electron chi connectivity index (χ1n) is 15.8. The van der Waals surface area contributed by atoms with Crippen molar-refractivity contribution in [3.63, 3.8) is 0 Å². The maximum atomic E-state index is 6.34. The molecule has 0 radical (unpaired) electrons. The third-order valence-electron chi connectivity index (χ3n) is 8.89. The van der Waals surface area contributed by atoms with Crippen molar-refractivity contribution in [2.24, 2.45) is 0 Å². The van der Waals surface area contributed by atoms with Gasteiger partial charge < -0.3 is 13.7 Å². The Bertz CT molecular complexity index is 2460. The molecule has 7 aromatic carbocycles. The molecule has 0 saturated heterocycles. The van der Waals surface area contributed by atoms with Gasteiger partial charge in [-0.3, -0.25) is 0 Å². The predicted octanol–water partition coefficient (Wildman–Crippen LogP) is 12.8. The first-order valence-corrected chi connectivity index (χ1v) is 15.8. The molecule has 9 rings (SSSR count). The molecule has 0 bridgehead atoms. The van der Waals surface area contributed by atoms with Gasteiger partial charge in [0.05, 0.1) is 0 Å². The van der Waals surface area contributed by atoms with Crippen LogP contribution in [-0.2, 0) is 0 Å². The quantitative estimate of drug-likeness (QED) is 0.189. The molecular formula is C44H29NO2. The fraction of sp³-hybridized carbons (Fsp3) is 0. The maximum absolute atomic E-state index is 6.34. The molecule has 0 saturated carbocycles. The number of hydrogen-bond donors (Lipinski definition) is 0. The number of rotatable bonds is 6. The molecule has 3 heteroatoms. The fourth-order valence-electron chi connectivity index (χ4n) is 6.49. The van der Waals surface area contributed by atoms with Crippen molar-refractivity contribution in [1.82, 2.24) is 0 Å². The molecule has 47 heavy (non-hydrogen) atoms. The average molecular weight is 604 g/mol. The van der Waals surface area contributed by atoms with E-state index in [0.29, 0.717) is 0 Å². The van der Waals surface area contributed by atoms with E-state index in [1.54, 1.807) is 0 Å². The highest BCUT2D eigenvalue weighted by molar-refractivity contribution is 6.07. The van der Waals surface area contributed by atoms with Crippen LogP contribution in [0.3, 0.4) is 0 Å². The van der Waals surface area contributed by atoms with E-state index in [0.717, 1.165) is 72.4 Å². The fourth-order valence-corrected chi connectivity index (χ4v) is 6.49. The van der Waals surface area contributed by atoms with E-state index in [2.05, 4.69) is 150 Å². The summed E-state index contributed by atoms with van der Waals surface area (Å²) in [5.41, 5.74) is 11.6. The van der Waals surface area contributed by atoms with E-state index in [9.17, 15) is 0 Å². The van der Waals surface area contributed by atoms with Crippen LogP contribution >= 0.6 is 0 Å². The molecule has 0 aliphatic heterocycles. The Hall–Kier alpha value is -6.32. The molecule has 0 aliphatic carbocycles. The lowest BCUT2D eigenvalue weighted by Crippen LogP contribution is -2.09. The smallest absolute Gasteiger partial charge is 0.136 e. The number of anilines is 3. The van der Waals surface area contributed by atoms with Gasteiger partial charge in [-0.1, -0.05) is 97.1 Å². The Morgan fingerprint density at radius 1 is 0.319 bits per heavy atom. The lowest BCUT2D eigenvalue weighted by atomic mass is 10.0. The highest BCUT2D eigenvalue weighted by atomic mass is 16.3. The number of furan rings is 2. The Morgan fingerprint density at radius 2 is 0.894 bits per heavy atom. The van der Waals surface area contributed by atoms with Gasteiger partial charge in [0.1, 0.15) is 22.5 Å². The largest absolute Gasteiger partial charge is 0.456 e. The normalized spacial score (nSPS) is 11.4. The van der Waals surface area contributed by atoms with Gasteiger partial charge in [-0.2, -0.15) is 0 Å². The SMILES string of the molecule is c1ccc(-c2ccc(N(c3ccccc3)c3ccc(-c4ccc5c(c4)oc4ccc(-c6cc7ccccc7o6)cc45)cc3)cc2)cc1. The topological polar surface area (TPSA) is 29.5 Å². The van der Waals surface area contributed by atoms with E-state index < -0.39 is 0 Å². The summed E-state index contributed by atoms with van der Waals surface area (Å²) in [6.07, 6.45) is 0. The second kappa shape index (κ2) is 11.2. The van der Waals surface area contributed by atoms with Crippen LogP contribution in [0.15, 0.2) is 185 Å². The lowest BCUT2D eigenvalue weighted by molar-refractivity contribution is 0.631. The summed E-state index contributed by atoms with van der Waals surface area (Å²) in [6.45, 7) is 0. The third kappa shape index (κ3) is 4.95. The van der Waals surface area contributed by atoms with Crippen LogP contribution in [-0.4, -0.2) is 0 Å². The molecule has 2 aromatic heterocycles. The molecule has 0 amide bonds. The molecule has 0 aliphatic rings. The zero-order valence-corrected chi connectivity index (χ0v) is 25.5. The molecule has 0 atom stereocenters. The van der Waals surface area contributed by atoms with Crippen LogP contribution in [0.4, 0.5) is 17.1 Å². The van der Waals surface area contributed by atoms with Crippen molar-refractivity contribution in [2.75, 3.05) is 4.90 Å². The highest BCUT2D eigenvalue weighted by Crippen LogP contribution is 2.39. The van der Waals surface area contributed by atoms with E-state index in [4.69, 9.17) is 8.83 Å². The first kappa shape index (κ1) is 27.0. The number of benzene rings is 7. The predicted molar refractivity (Wildman–Crippen MR) is 194 cm³/mol. The van der Waals surface area contributed by atoms with Crippen LogP contribution in [0.2, 0.25) is 0 Å². The summed E-state index contributed by atoms with van der Waals surface area (Å²) in [4.78, 5) is 2.29.